The Morgan fingerprint density at radius 1 is 1.50 bits per heavy atom. The van der Waals surface area contributed by atoms with E-state index in [0.29, 0.717) is 0 Å². The first kappa shape index (κ1) is 5.08. The molecule has 0 amide bonds. The van der Waals surface area contributed by atoms with E-state index in [-0.39, 0.29) is 6.10 Å². The highest BCUT2D eigenvalue weighted by Gasteiger charge is 2.55. The topological polar surface area (TPSA) is 60.1 Å². The van der Waals surface area contributed by atoms with Crippen LogP contribution in [0.2, 0.25) is 0 Å². The summed E-state index contributed by atoms with van der Waals surface area (Å²) in [6.45, 7) is 1.70. The highest BCUT2D eigenvalue weighted by atomic mass is 16.6. The molecule has 8 heavy (non-hydrogen) atoms. The second-order valence-corrected chi connectivity index (χ2v) is 1.72. The summed E-state index contributed by atoms with van der Waals surface area (Å²) >= 11 is 0. The van der Waals surface area contributed by atoms with Crippen LogP contribution in [0.5, 0.6) is 0 Å². The van der Waals surface area contributed by atoms with Gasteiger partial charge in [-0.3, -0.25) is 0 Å². The molecule has 1 atom stereocenters. The minimum absolute atomic E-state index is 0.197. The molecule has 3 heteroatoms. The van der Waals surface area contributed by atoms with E-state index in [1.807, 2.05) is 0 Å². The molecule has 0 aromatic carbocycles. The molecule has 0 aliphatic carbocycles. The number of nitrogens with zero attached hydrogens (tertiary/aromatic N) is 2. The number of hydrogen-bond donors (Lipinski definition) is 0. The van der Waals surface area contributed by atoms with Gasteiger partial charge in [-0.1, -0.05) is 0 Å². The normalized spacial score (nSPS) is 30.1. The number of ether oxygens (including phenoxy) is 1. The Hall–Kier alpha value is -1.06. The molecule has 1 aliphatic rings. The van der Waals surface area contributed by atoms with E-state index >= 15 is 0 Å². The molecule has 0 aromatic heterocycles. The van der Waals surface area contributed by atoms with Crippen molar-refractivity contribution < 1.29 is 4.74 Å². The fourth-order valence-electron chi connectivity index (χ4n) is 0.504. The van der Waals surface area contributed by atoms with Crippen LogP contribution < -0.4 is 0 Å². The Bertz CT molecular complexity index is 172. The van der Waals surface area contributed by atoms with Crippen LogP contribution in [0.15, 0.2) is 0 Å². The minimum atomic E-state index is -1.10. The van der Waals surface area contributed by atoms with Gasteiger partial charge in [-0.25, -0.2) is 0 Å². The summed E-state index contributed by atoms with van der Waals surface area (Å²) in [5, 5.41) is 16.5. The Morgan fingerprint density at radius 2 is 1.88 bits per heavy atom. The molecule has 1 saturated heterocycles. The monoisotopic (exact) mass is 108 g/mol. The van der Waals surface area contributed by atoms with E-state index in [2.05, 4.69) is 4.74 Å². The lowest BCUT2D eigenvalue weighted by Gasteiger charge is -1.77. The van der Waals surface area contributed by atoms with Crippen LogP contribution in [0, 0.1) is 22.7 Å². The maximum Gasteiger partial charge on any atom is 0.267 e. The molecule has 1 fully saturated rings. The van der Waals surface area contributed by atoms with Crippen LogP contribution >= 0.6 is 0 Å². The number of nitriles is 2. The molecule has 0 N–H and O–H groups in total. The van der Waals surface area contributed by atoms with Crippen molar-refractivity contribution in [3.8, 4) is 12.1 Å². The molecule has 0 spiro atoms. The average Bonchev–Trinajstić information content (AvgIpc) is 2.43. The van der Waals surface area contributed by atoms with Crippen molar-refractivity contribution in [1.29, 1.82) is 10.5 Å². The van der Waals surface area contributed by atoms with Crippen LogP contribution in [0.25, 0.3) is 0 Å². The summed E-state index contributed by atoms with van der Waals surface area (Å²) in [6, 6.07) is 3.54. The summed E-state index contributed by atoms with van der Waals surface area (Å²) in [7, 11) is 0. The molecule has 1 aliphatic heterocycles. The van der Waals surface area contributed by atoms with E-state index in [0.717, 1.165) is 0 Å². The lowest BCUT2D eigenvalue weighted by atomic mass is 10.1. The summed E-state index contributed by atoms with van der Waals surface area (Å²) in [5.74, 6) is 0. The van der Waals surface area contributed by atoms with Gasteiger partial charge in [-0.2, -0.15) is 10.5 Å². The van der Waals surface area contributed by atoms with Gasteiger partial charge in [0.05, 0.1) is 0 Å². The second kappa shape index (κ2) is 1.21. The number of hydrogen-bond acceptors (Lipinski definition) is 3. The van der Waals surface area contributed by atoms with E-state index in [4.69, 9.17) is 10.5 Å². The van der Waals surface area contributed by atoms with Crippen molar-refractivity contribution in [2.75, 3.05) is 0 Å². The highest BCUT2D eigenvalue weighted by molar-refractivity contribution is 5.29. The second-order valence-electron chi connectivity index (χ2n) is 1.72. The molecule has 3 nitrogen and oxygen atoms in total. The van der Waals surface area contributed by atoms with Gasteiger partial charge in [0, 0.05) is 0 Å². The fourth-order valence-corrected chi connectivity index (χ4v) is 0.504. The predicted octanol–water partition coefficient (Wildman–Crippen LogP) is 0.191. The zero-order chi connectivity index (χ0) is 6.20. The maximum atomic E-state index is 8.23. The third-order valence-corrected chi connectivity index (χ3v) is 1.21. The Labute approximate surface area is 47.1 Å². The molecule has 0 bridgehead atoms. The zero-order valence-electron chi connectivity index (χ0n) is 4.38. The van der Waals surface area contributed by atoms with Crippen LogP contribution in [-0.4, -0.2) is 11.7 Å². The molecule has 0 saturated carbocycles. The van der Waals surface area contributed by atoms with Crippen molar-refractivity contribution in [3.05, 3.63) is 0 Å². The SMILES string of the molecule is CC1OC1(C#N)C#N. The molecule has 1 unspecified atom stereocenters. The van der Waals surface area contributed by atoms with Crippen molar-refractivity contribution in [2.45, 2.75) is 18.6 Å². The summed E-state index contributed by atoms with van der Waals surface area (Å²) in [6.07, 6.45) is -0.197. The van der Waals surface area contributed by atoms with Crippen molar-refractivity contribution in [2.24, 2.45) is 0 Å². The molecule has 0 aromatic rings. The molecular weight excluding hydrogens is 104 g/mol. The van der Waals surface area contributed by atoms with Crippen LogP contribution in [0.1, 0.15) is 6.92 Å². The zero-order valence-corrected chi connectivity index (χ0v) is 4.38. The van der Waals surface area contributed by atoms with Gasteiger partial charge in [0.25, 0.3) is 5.60 Å². The number of epoxide rings is 1. The molecular formula is C5H4N2O. The summed E-state index contributed by atoms with van der Waals surface area (Å²) in [4.78, 5) is 0. The Morgan fingerprint density at radius 3 is 1.88 bits per heavy atom. The van der Waals surface area contributed by atoms with Gasteiger partial charge < -0.3 is 4.74 Å². The summed E-state index contributed by atoms with van der Waals surface area (Å²) < 4.78 is 4.68. The third kappa shape index (κ3) is 0.395. The lowest BCUT2D eigenvalue weighted by molar-refractivity contribution is 0.374. The Kier molecular flexibility index (Phi) is 0.770. The first-order valence-corrected chi connectivity index (χ1v) is 2.25. The third-order valence-electron chi connectivity index (χ3n) is 1.21. The number of rotatable bonds is 0. The minimum Gasteiger partial charge on any atom is -0.338 e. The van der Waals surface area contributed by atoms with Gasteiger partial charge in [0.15, 0.2) is 0 Å². The van der Waals surface area contributed by atoms with Gasteiger partial charge in [-0.15, -0.1) is 0 Å². The quantitative estimate of drug-likeness (QED) is 0.416. The first-order valence-electron chi connectivity index (χ1n) is 2.25. The molecule has 0 radical (unpaired) electrons. The van der Waals surface area contributed by atoms with Gasteiger partial charge >= 0.3 is 0 Å². The van der Waals surface area contributed by atoms with Crippen LogP contribution in [0.3, 0.4) is 0 Å². The van der Waals surface area contributed by atoms with Gasteiger partial charge in [-0.05, 0) is 6.92 Å². The van der Waals surface area contributed by atoms with Crippen molar-refractivity contribution in [1.82, 2.24) is 0 Å². The van der Waals surface area contributed by atoms with Crippen molar-refractivity contribution >= 4 is 0 Å². The van der Waals surface area contributed by atoms with Gasteiger partial charge in [0.1, 0.15) is 18.2 Å². The highest BCUT2D eigenvalue weighted by Crippen LogP contribution is 2.33. The van der Waals surface area contributed by atoms with E-state index in [9.17, 15) is 0 Å². The lowest BCUT2D eigenvalue weighted by Crippen LogP contribution is -2.05. The first-order chi connectivity index (χ1) is 3.75. The van der Waals surface area contributed by atoms with Crippen LogP contribution in [-0.2, 0) is 4.74 Å². The standard InChI is InChI=1S/C5H4N2O/c1-4-5(2-6,3-7)8-4/h4H,1H3. The summed E-state index contributed by atoms with van der Waals surface area (Å²) in [5.41, 5.74) is -1.10. The molecule has 1 heterocycles. The van der Waals surface area contributed by atoms with Gasteiger partial charge in [0.2, 0.25) is 0 Å². The molecule has 40 valence electrons. The van der Waals surface area contributed by atoms with E-state index in [1.165, 1.54) is 0 Å². The predicted molar refractivity (Wildman–Crippen MR) is 24.5 cm³/mol. The maximum absolute atomic E-state index is 8.23. The fraction of sp³-hybridized carbons (Fsp3) is 0.600. The van der Waals surface area contributed by atoms with E-state index in [1.54, 1.807) is 19.1 Å². The van der Waals surface area contributed by atoms with Crippen LogP contribution in [0.4, 0.5) is 0 Å². The van der Waals surface area contributed by atoms with E-state index < -0.39 is 5.60 Å². The smallest absolute Gasteiger partial charge is 0.267 e. The van der Waals surface area contributed by atoms with Crippen molar-refractivity contribution in [3.63, 3.8) is 0 Å². The average molecular weight is 108 g/mol. The Balaban J connectivity index is 2.74. The molecule has 1 rings (SSSR count). The largest absolute Gasteiger partial charge is 0.338 e.